The topological polar surface area (TPSA) is 27.1 Å². The average molecular weight is 278 g/mol. The van der Waals surface area contributed by atoms with E-state index in [9.17, 15) is 0 Å². The summed E-state index contributed by atoms with van der Waals surface area (Å²) in [5, 5.41) is 5.83. The van der Waals surface area contributed by atoms with Crippen molar-refractivity contribution in [2.45, 2.75) is 25.3 Å². The Morgan fingerprint density at radius 1 is 1.14 bits per heavy atom. The van der Waals surface area contributed by atoms with Crippen LogP contribution in [0.5, 0.6) is 5.75 Å². The zero-order chi connectivity index (χ0) is 14.2. The second kappa shape index (κ2) is 4.92. The Labute approximate surface area is 124 Å². The largest absolute Gasteiger partial charge is 0.497 e. The van der Waals surface area contributed by atoms with Gasteiger partial charge in [0.15, 0.2) is 0 Å². The highest BCUT2D eigenvalue weighted by atomic mass is 16.5. The Bertz CT molecular complexity index is 770. The third-order valence-electron chi connectivity index (χ3n) is 4.20. The van der Waals surface area contributed by atoms with E-state index in [1.807, 2.05) is 18.3 Å². The Kier molecular flexibility index (Phi) is 2.92. The Balaban J connectivity index is 1.72. The van der Waals surface area contributed by atoms with Crippen LogP contribution in [0.25, 0.3) is 10.9 Å². The molecule has 0 bridgehead atoms. The minimum absolute atomic E-state index is 0.736. The van der Waals surface area contributed by atoms with Gasteiger partial charge in [0.2, 0.25) is 0 Å². The van der Waals surface area contributed by atoms with Gasteiger partial charge in [0, 0.05) is 5.39 Å². The van der Waals surface area contributed by atoms with Gasteiger partial charge in [0.05, 0.1) is 25.4 Å². The van der Waals surface area contributed by atoms with Crippen molar-refractivity contribution in [3.63, 3.8) is 0 Å². The first-order valence-corrected chi connectivity index (χ1v) is 7.42. The molecule has 0 spiro atoms. The van der Waals surface area contributed by atoms with Crippen LogP contribution in [0.4, 0.5) is 0 Å². The number of ether oxygens (including phenoxy) is 1. The monoisotopic (exact) mass is 278 g/mol. The molecule has 3 heteroatoms. The minimum Gasteiger partial charge on any atom is -0.497 e. The lowest BCUT2D eigenvalue weighted by Crippen LogP contribution is -2.03. The summed E-state index contributed by atoms with van der Waals surface area (Å²) < 4.78 is 7.34. The molecule has 0 N–H and O–H groups in total. The fraction of sp³-hybridized carbons (Fsp3) is 0.278. The van der Waals surface area contributed by atoms with E-state index in [0.717, 1.165) is 18.2 Å². The molecule has 3 nitrogen and oxygen atoms in total. The second-order valence-corrected chi connectivity index (χ2v) is 5.71. The minimum atomic E-state index is 0.736. The van der Waals surface area contributed by atoms with Crippen LogP contribution in [-0.4, -0.2) is 16.9 Å². The van der Waals surface area contributed by atoms with Gasteiger partial charge in [-0.3, -0.25) is 4.68 Å². The highest BCUT2D eigenvalue weighted by Crippen LogP contribution is 2.43. The smallest absolute Gasteiger partial charge is 0.118 e. The molecule has 0 aliphatic heterocycles. The highest BCUT2D eigenvalue weighted by molar-refractivity contribution is 5.83. The number of aromatic nitrogens is 2. The van der Waals surface area contributed by atoms with E-state index in [-0.39, 0.29) is 0 Å². The number of hydrogen-bond donors (Lipinski definition) is 0. The second-order valence-electron chi connectivity index (χ2n) is 5.71. The number of para-hydroxylation sites is 1. The summed E-state index contributed by atoms with van der Waals surface area (Å²) >= 11 is 0. The van der Waals surface area contributed by atoms with E-state index in [0.29, 0.717) is 0 Å². The van der Waals surface area contributed by atoms with Crippen molar-refractivity contribution >= 4 is 10.9 Å². The first-order valence-electron chi connectivity index (χ1n) is 7.42. The standard InChI is InChI=1S/C18H18N2O/c1-21-16-9-5-13(6-10-16)12-20-18-15(11-19-20)3-2-4-17(18)14-7-8-14/h2-6,9-11,14H,7-8,12H2,1H3. The third-order valence-corrected chi connectivity index (χ3v) is 4.20. The van der Waals surface area contributed by atoms with Crippen molar-refractivity contribution in [3.05, 3.63) is 59.8 Å². The van der Waals surface area contributed by atoms with Crippen LogP contribution < -0.4 is 4.74 Å². The van der Waals surface area contributed by atoms with Gasteiger partial charge in [-0.1, -0.05) is 30.3 Å². The van der Waals surface area contributed by atoms with Gasteiger partial charge in [-0.25, -0.2) is 0 Å². The van der Waals surface area contributed by atoms with E-state index < -0.39 is 0 Å². The van der Waals surface area contributed by atoms with Gasteiger partial charge in [-0.15, -0.1) is 0 Å². The Hall–Kier alpha value is -2.29. The molecule has 1 heterocycles. The van der Waals surface area contributed by atoms with E-state index in [4.69, 9.17) is 4.74 Å². The molecule has 1 aliphatic rings. The number of benzene rings is 2. The van der Waals surface area contributed by atoms with E-state index in [2.05, 4.69) is 40.1 Å². The molecule has 1 fully saturated rings. The molecule has 0 unspecified atom stereocenters. The van der Waals surface area contributed by atoms with Crippen LogP contribution in [-0.2, 0) is 6.54 Å². The van der Waals surface area contributed by atoms with Crippen molar-refractivity contribution in [3.8, 4) is 5.75 Å². The number of rotatable bonds is 4. The summed E-state index contributed by atoms with van der Waals surface area (Å²) in [6.07, 6.45) is 4.60. The lowest BCUT2D eigenvalue weighted by molar-refractivity contribution is 0.414. The first kappa shape index (κ1) is 12.5. The van der Waals surface area contributed by atoms with Crippen molar-refractivity contribution in [2.75, 3.05) is 7.11 Å². The predicted molar refractivity (Wildman–Crippen MR) is 83.8 cm³/mol. The van der Waals surface area contributed by atoms with Gasteiger partial charge in [0.25, 0.3) is 0 Å². The van der Waals surface area contributed by atoms with Gasteiger partial charge in [0.1, 0.15) is 5.75 Å². The summed E-state index contributed by atoms with van der Waals surface area (Å²) in [5.41, 5.74) is 4.00. The number of fused-ring (bicyclic) bond motifs is 1. The molecule has 0 atom stereocenters. The van der Waals surface area contributed by atoms with Crippen molar-refractivity contribution in [1.29, 1.82) is 0 Å². The summed E-state index contributed by atoms with van der Waals surface area (Å²) in [5.74, 6) is 1.63. The summed E-state index contributed by atoms with van der Waals surface area (Å²) in [6, 6.07) is 14.8. The van der Waals surface area contributed by atoms with Gasteiger partial charge in [-0.05, 0) is 42.0 Å². The number of nitrogens with zero attached hydrogens (tertiary/aromatic N) is 2. The van der Waals surface area contributed by atoms with E-state index in [1.54, 1.807) is 7.11 Å². The van der Waals surface area contributed by atoms with Gasteiger partial charge >= 0.3 is 0 Å². The van der Waals surface area contributed by atoms with Crippen LogP contribution >= 0.6 is 0 Å². The van der Waals surface area contributed by atoms with Gasteiger partial charge < -0.3 is 4.74 Å². The predicted octanol–water partition coefficient (Wildman–Crippen LogP) is 3.97. The lowest BCUT2D eigenvalue weighted by Gasteiger charge is -2.08. The number of methoxy groups -OCH3 is 1. The Morgan fingerprint density at radius 2 is 1.95 bits per heavy atom. The third kappa shape index (κ3) is 2.29. The zero-order valence-corrected chi connectivity index (χ0v) is 12.1. The average Bonchev–Trinajstić information content (AvgIpc) is 3.30. The van der Waals surface area contributed by atoms with Crippen LogP contribution in [0, 0.1) is 0 Å². The fourth-order valence-electron chi connectivity index (χ4n) is 2.92. The quantitative estimate of drug-likeness (QED) is 0.722. The molecule has 0 saturated heterocycles. The van der Waals surface area contributed by atoms with Crippen LogP contribution in [0.3, 0.4) is 0 Å². The lowest BCUT2D eigenvalue weighted by atomic mass is 10.1. The summed E-state index contributed by atoms with van der Waals surface area (Å²) in [6.45, 7) is 0.803. The van der Waals surface area contributed by atoms with Crippen LogP contribution in [0.2, 0.25) is 0 Å². The fourth-order valence-corrected chi connectivity index (χ4v) is 2.92. The normalized spacial score (nSPS) is 14.5. The molecule has 0 amide bonds. The molecule has 1 aromatic heterocycles. The zero-order valence-electron chi connectivity index (χ0n) is 12.1. The van der Waals surface area contributed by atoms with Crippen molar-refractivity contribution in [2.24, 2.45) is 0 Å². The van der Waals surface area contributed by atoms with Crippen molar-refractivity contribution in [1.82, 2.24) is 9.78 Å². The maximum atomic E-state index is 5.21. The summed E-state index contributed by atoms with van der Waals surface area (Å²) in [7, 11) is 1.69. The SMILES string of the molecule is COc1ccc(Cn2ncc3cccc(C4CC4)c32)cc1. The molecule has 0 radical (unpaired) electrons. The maximum absolute atomic E-state index is 5.21. The highest BCUT2D eigenvalue weighted by Gasteiger charge is 2.26. The molecule has 2 aromatic carbocycles. The first-order chi connectivity index (χ1) is 10.3. The van der Waals surface area contributed by atoms with Gasteiger partial charge in [-0.2, -0.15) is 5.10 Å². The molecule has 1 saturated carbocycles. The molecular weight excluding hydrogens is 260 g/mol. The molecule has 1 aliphatic carbocycles. The molecular formula is C18H18N2O. The van der Waals surface area contributed by atoms with Crippen molar-refractivity contribution < 1.29 is 4.74 Å². The molecule has 3 aromatic rings. The van der Waals surface area contributed by atoms with Crippen LogP contribution in [0.15, 0.2) is 48.7 Å². The van der Waals surface area contributed by atoms with E-state index in [1.165, 1.54) is 34.9 Å². The summed E-state index contributed by atoms with van der Waals surface area (Å²) in [4.78, 5) is 0. The Morgan fingerprint density at radius 3 is 2.67 bits per heavy atom. The molecule has 106 valence electrons. The maximum Gasteiger partial charge on any atom is 0.118 e. The molecule has 21 heavy (non-hydrogen) atoms. The number of hydrogen-bond acceptors (Lipinski definition) is 2. The van der Waals surface area contributed by atoms with E-state index >= 15 is 0 Å². The molecule has 4 rings (SSSR count). The van der Waals surface area contributed by atoms with Crippen LogP contribution in [0.1, 0.15) is 29.9 Å².